The van der Waals surface area contributed by atoms with Crippen molar-refractivity contribution in [3.05, 3.63) is 0 Å². The van der Waals surface area contributed by atoms with E-state index in [0.29, 0.717) is 13.0 Å². The first-order chi connectivity index (χ1) is 5.93. The molecule has 1 fully saturated rings. The third-order valence-corrected chi connectivity index (χ3v) is 4.53. The quantitative estimate of drug-likeness (QED) is 0.611. The Labute approximate surface area is 78.8 Å². The van der Waals surface area contributed by atoms with Crippen LogP contribution in [0, 0.1) is 0 Å². The number of carbonyl (C=O) groups excluding carboxylic acids is 1. The van der Waals surface area contributed by atoms with Crippen molar-refractivity contribution >= 4 is 16.2 Å². The number of hydrogen-bond donors (Lipinski definition) is 0. The van der Waals surface area contributed by atoms with E-state index < -0.39 is 15.4 Å². The minimum absolute atomic E-state index is 0.104. The Hall–Kier alpha value is -0.580. The molecule has 0 aliphatic carbocycles. The fourth-order valence-corrected chi connectivity index (χ4v) is 3.96. The molecule has 1 aliphatic heterocycles. The van der Waals surface area contributed by atoms with Gasteiger partial charge in [0.2, 0.25) is 6.41 Å². The van der Waals surface area contributed by atoms with E-state index in [1.807, 2.05) is 13.8 Å². The van der Waals surface area contributed by atoms with Crippen LogP contribution in [0.4, 0.5) is 0 Å². The van der Waals surface area contributed by atoms with E-state index in [1.165, 1.54) is 0 Å². The van der Waals surface area contributed by atoms with Crippen LogP contribution in [0.3, 0.4) is 0 Å². The number of nitrogens with zero attached hydrogens (tertiary/aromatic N) is 1. The normalized spacial score (nSPS) is 31.5. The van der Waals surface area contributed by atoms with Crippen LogP contribution in [-0.4, -0.2) is 43.3 Å². The van der Waals surface area contributed by atoms with Gasteiger partial charge in [0.15, 0.2) is 9.84 Å². The van der Waals surface area contributed by atoms with Crippen molar-refractivity contribution in [2.45, 2.75) is 25.8 Å². The summed E-state index contributed by atoms with van der Waals surface area (Å²) in [5.41, 5.74) is -0.477. The Morgan fingerprint density at radius 3 is 2.46 bits per heavy atom. The van der Waals surface area contributed by atoms with Crippen molar-refractivity contribution in [3.63, 3.8) is 0 Å². The lowest BCUT2D eigenvalue weighted by molar-refractivity contribution is -0.122. The van der Waals surface area contributed by atoms with Gasteiger partial charge in [0.25, 0.3) is 0 Å². The highest BCUT2D eigenvalue weighted by Gasteiger charge is 2.41. The van der Waals surface area contributed by atoms with Gasteiger partial charge < -0.3 is 4.90 Å². The van der Waals surface area contributed by atoms with Gasteiger partial charge in [-0.05, 0) is 20.3 Å². The van der Waals surface area contributed by atoms with Gasteiger partial charge in [-0.15, -0.1) is 0 Å². The Kier molecular flexibility index (Phi) is 2.66. The van der Waals surface area contributed by atoms with Crippen molar-refractivity contribution < 1.29 is 13.2 Å². The van der Waals surface area contributed by atoms with Crippen LogP contribution in [0.2, 0.25) is 0 Å². The number of amides is 1. The van der Waals surface area contributed by atoms with E-state index in [4.69, 9.17) is 0 Å². The third-order valence-electron chi connectivity index (χ3n) is 2.64. The molecule has 0 saturated carbocycles. The molecule has 0 N–H and O–H groups in total. The molecule has 1 amide bonds. The van der Waals surface area contributed by atoms with Crippen LogP contribution in [0.5, 0.6) is 0 Å². The standard InChI is InChI=1S/C8H15NO3S/c1-3-9(7-10)8(2)4-5-13(11,12)6-8/h7H,3-6H2,1-2H3/t8-/m1/s1. The van der Waals surface area contributed by atoms with E-state index in [-0.39, 0.29) is 11.5 Å². The minimum atomic E-state index is -2.92. The molecule has 0 aromatic carbocycles. The summed E-state index contributed by atoms with van der Waals surface area (Å²) in [5.74, 6) is 0.306. The SMILES string of the molecule is CCN(C=O)[C@]1(C)CCS(=O)(=O)C1. The fourth-order valence-electron chi connectivity index (χ4n) is 1.80. The van der Waals surface area contributed by atoms with Gasteiger partial charge in [-0.2, -0.15) is 0 Å². The molecule has 4 nitrogen and oxygen atoms in total. The topological polar surface area (TPSA) is 54.5 Å². The first-order valence-corrected chi connectivity index (χ1v) is 6.18. The Bertz CT molecular complexity index is 299. The highest BCUT2D eigenvalue weighted by molar-refractivity contribution is 7.91. The zero-order valence-electron chi connectivity index (χ0n) is 7.99. The van der Waals surface area contributed by atoms with Crippen LogP contribution in [-0.2, 0) is 14.6 Å². The predicted molar refractivity (Wildman–Crippen MR) is 50.1 cm³/mol. The lowest BCUT2D eigenvalue weighted by atomic mass is 10.0. The van der Waals surface area contributed by atoms with Gasteiger partial charge >= 0.3 is 0 Å². The molecule has 76 valence electrons. The maximum atomic E-state index is 11.2. The molecule has 0 unspecified atom stereocenters. The van der Waals surface area contributed by atoms with Crippen LogP contribution >= 0.6 is 0 Å². The average Bonchev–Trinajstić information content (AvgIpc) is 2.29. The van der Waals surface area contributed by atoms with Crippen molar-refractivity contribution in [1.29, 1.82) is 0 Å². The molecule has 0 aromatic rings. The average molecular weight is 205 g/mol. The summed E-state index contributed by atoms with van der Waals surface area (Å²) in [6, 6.07) is 0. The first-order valence-electron chi connectivity index (χ1n) is 4.36. The summed E-state index contributed by atoms with van der Waals surface area (Å²) < 4.78 is 22.5. The molecule has 0 bridgehead atoms. The van der Waals surface area contributed by atoms with Gasteiger partial charge in [0.05, 0.1) is 17.0 Å². The number of hydrogen-bond acceptors (Lipinski definition) is 3. The van der Waals surface area contributed by atoms with Gasteiger partial charge in [-0.25, -0.2) is 8.42 Å². The summed E-state index contributed by atoms with van der Waals surface area (Å²) >= 11 is 0. The largest absolute Gasteiger partial charge is 0.339 e. The van der Waals surface area contributed by atoms with E-state index >= 15 is 0 Å². The second kappa shape index (κ2) is 3.29. The smallest absolute Gasteiger partial charge is 0.210 e. The molecule has 1 atom stereocenters. The molecule has 1 heterocycles. The monoisotopic (exact) mass is 205 g/mol. The van der Waals surface area contributed by atoms with Crippen molar-refractivity contribution in [3.8, 4) is 0 Å². The third kappa shape index (κ3) is 2.02. The summed E-state index contributed by atoms with van der Waals surface area (Å²) in [4.78, 5) is 12.2. The first kappa shape index (κ1) is 10.5. The lowest BCUT2D eigenvalue weighted by Crippen LogP contribution is -2.46. The van der Waals surface area contributed by atoms with Crippen LogP contribution in [0.15, 0.2) is 0 Å². The Morgan fingerprint density at radius 2 is 2.15 bits per heavy atom. The predicted octanol–water partition coefficient (Wildman–Crippen LogP) is 0.0419. The van der Waals surface area contributed by atoms with Crippen molar-refractivity contribution in [2.75, 3.05) is 18.1 Å². The van der Waals surface area contributed by atoms with Crippen LogP contribution in [0.1, 0.15) is 20.3 Å². The molecule has 5 heteroatoms. The maximum absolute atomic E-state index is 11.2. The van der Waals surface area contributed by atoms with Crippen molar-refractivity contribution in [1.82, 2.24) is 4.90 Å². The zero-order chi connectivity index (χ0) is 10.1. The maximum Gasteiger partial charge on any atom is 0.210 e. The molecule has 0 spiro atoms. The molecule has 1 aliphatic rings. The van der Waals surface area contributed by atoms with E-state index in [2.05, 4.69) is 0 Å². The van der Waals surface area contributed by atoms with Gasteiger partial charge in [0.1, 0.15) is 0 Å². The molecular formula is C8H15NO3S. The Balaban J connectivity index is 2.85. The van der Waals surface area contributed by atoms with E-state index in [0.717, 1.165) is 6.41 Å². The number of carbonyl (C=O) groups is 1. The number of rotatable bonds is 3. The highest BCUT2D eigenvalue weighted by Crippen LogP contribution is 2.28. The lowest BCUT2D eigenvalue weighted by Gasteiger charge is -2.33. The molecule has 13 heavy (non-hydrogen) atoms. The van der Waals surface area contributed by atoms with Crippen LogP contribution in [0.25, 0.3) is 0 Å². The molecular weight excluding hydrogens is 190 g/mol. The molecule has 0 aromatic heterocycles. The minimum Gasteiger partial charge on any atom is -0.339 e. The summed E-state index contributed by atoms with van der Waals surface area (Å²) in [6.07, 6.45) is 1.29. The highest BCUT2D eigenvalue weighted by atomic mass is 32.2. The second-order valence-electron chi connectivity index (χ2n) is 3.73. The van der Waals surface area contributed by atoms with Gasteiger partial charge in [-0.3, -0.25) is 4.79 Å². The van der Waals surface area contributed by atoms with E-state index in [9.17, 15) is 13.2 Å². The van der Waals surface area contributed by atoms with Gasteiger partial charge in [0, 0.05) is 6.54 Å². The molecule has 0 radical (unpaired) electrons. The van der Waals surface area contributed by atoms with Crippen LogP contribution < -0.4 is 0 Å². The van der Waals surface area contributed by atoms with Crippen molar-refractivity contribution in [2.24, 2.45) is 0 Å². The Morgan fingerprint density at radius 1 is 1.54 bits per heavy atom. The van der Waals surface area contributed by atoms with E-state index in [1.54, 1.807) is 4.90 Å². The zero-order valence-corrected chi connectivity index (χ0v) is 8.80. The summed E-state index contributed by atoms with van der Waals surface area (Å²) in [6.45, 7) is 4.25. The molecule has 1 rings (SSSR count). The number of sulfone groups is 1. The second-order valence-corrected chi connectivity index (χ2v) is 5.91. The summed E-state index contributed by atoms with van der Waals surface area (Å²) in [7, 11) is -2.92. The fraction of sp³-hybridized carbons (Fsp3) is 0.875. The molecule has 1 saturated heterocycles. The van der Waals surface area contributed by atoms with Gasteiger partial charge in [-0.1, -0.05) is 0 Å². The summed E-state index contributed by atoms with van der Waals surface area (Å²) in [5, 5.41) is 0.